The number of allylic oxidation sites excluding steroid dienone is 1. The third-order valence-corrected chi connectivity index (χ3v) is 15.5. The molecule has 352 valence electrons. The summed E-state index contributed by atoms with van der Waals surface area (Å²) in [5, 5.41) is 23.6. The molecule has 7 heterocycles. The van der Waals surface area contributed by atoms with Gasteiger partial charge in [-0.15, -0.1) is 0 Å². The SMILES string of the molecule is CC(C)[C@@H](N)C(=O)O[C@H](C)[C@@H]1C/C=C/CC[C@H](O)C(C)(C)[C@@H]2CC[C@@H](C)[C@]3(O2)O[B-]24OC(C(=O)O1)[C@@]1(O[C@@H](CC[C@H]1C)C(C)(C)[C@H](O)CCC[C@@H]1C[C@H](OC(=O)C3O2)[C@@H](C)O1)O4. The molecule has 0 aromatic carbocycles. The molecule has 0 aromatic heterocycles. The average Bonchev–Trinajstić information content (AvgIpc) is 3.84. The Balaban J connectivity index is 1.36. The van der Waals surface area contributed by atoms with Gasteiger partial charge in [-0.1, -0.05) is 67.5 Å². The Morgan fingerprint density at radius 2 is 1.34 bits per heavy atom. The summed E-state index contributed by atoms with van der Waals surface area (Å²) in [4.78, 5) is 42.9. The molecule has 17 heteroatoms. The Morgan fingerprint density at radius 1 is 0.790 bits per heavy atom. The Bertz CT molecular complexity index is 1680. The highest BCUT2D eigenvalue weighted by atomic mass is 17.0. The normalized spacial score (nSPS) is 46.3. The first-order chi connectivity index (χ1) is 29.0. The molecule has 3 unspecified atom stereocenters. The van der Waals surface area contributed by atoms with Crippen molar-refractivity contribution in [2.45, 2.75) is 225 Å². The van der Waals surface area contributed by atoms with Crippen molar-refractivity contribution in [3.8, 4) is 0 Å². The predicted molar refractivity (Wildman–Crippen MR) is 223 cm³/mol. The first kappa shape index (κ1) is 47.8. The summed E-state index contributed by atoms with van der Waals surface area (Å²) in [7, 11) is 0. The van der Waals surface area contributed by atoms with Gasteiger partial charge < -0.3 is 63.0 Å². The van der Waals surface area contributed by atoms with Crippen molar-refractivity contribution < 1.29 is 71.6 Å². The minimum absolute atomic E-state index is 0.142. The van der Waals surface area contributed by atoms with Crippen LogP contribution in [-0.4, -0.2) is 120 Å². The monoisotopic (exact) mass is 879 g/mol. The summed E-state index contributed by atoms with van der Waals surface area (Å²) >= 11 is 0. The third-order valence-electron chi connectivity index (χ3n) is 15.5. The van der Waals surface area contributed by atoms with Gasteiger partial charge in [-0.2, -0.15) is 0 Å². The smallest absolute Gasteiger partial charge is 0.504 e. The Morgan fingerprint density at radius 3 is 1.90 bits per heavy atom. The molecule has 0 amide bonds. The number of aliphatic hydroxyl groups is 2. The van der Waals surface area contributed by atoms with Crippen molar-refractivity contribution in [1.29, 1.82) is 0 Å². The van der Waals surface area contributed by atoms with Crippen LogP contribution in [0.25, 0.3) is 0 Å². The summed E-state index contributed by atoms with van der Waals surface area (Å²) in [6, 6.07) is -0.902. The zero-order valence-corrected chi connectivity index (χ0v) is 38.4. The van der Waals surface area contributed by atoms with Crippen LogP contribution in [0, 0.1) is 28.6 Å². The highest BCUT2D eigenvalue weighted by Crippen LogP contribution is 2.57. The number of carbonyl (C=O) groups is 3. The van der Waals surface area contributed by atoms with E-state index < -0.39 is 126 Å². The van der Waals surface area contributed by atoms with E-state index in [1.807, 2.05) is 74.5 Å². The first-order valence-corrected chi connectivity index (χ1v) is 23.3. The molecule has 4 N–H and O–H groups in total. The van der Waals surface area contributed by atoms with Gasteiger partial charge in [-0.3, -0.25) is 4.79 Å². The Kier molecular flexibility index (Phi) is 13.8. The molecular weight excluding hydrogens is 805 g/mol. The van der Waals surface area contributed by atoms with Gasteiger partial charge in [0.1, 0.15) is 24.4 Å². The highest BCUT2D eigenvalue weighted by molar-refractivity contribution is 6.56. The fraction of sp³-hybridized carbons (Fsp3) is 0.889. The number of ether oxygens (including phenoxy) is 6. The minimum atomic E-state index is -3.53. The van der Waals surface area contributed by atoms with Crippen LogP contribution in [0.5, 0.6) is 0 Å². The molecule has 7 aliphatic heterocycles. The standard InChI is InChI=1S/C45H73BNO15/c1-24(2)36(47)39(50)54-27(5)30-16-12-11-13-17-32(48)42(7,8)34-21-19-26(4)45(57-34)38-41(52)56-31-23-29(53-28(31)6)15-14-18-33(49)43(9,10)35-22-20-25(3)44(58-35)37(40(51)55-30)59-46(60-38,61-44)62-45/h11-12,24-38,48-49H,13-23,47H2,1-10H3/q-1/b12-11+/t25-,26-,27-,28-,29-,30+,31+,32+,33-,34+,35+,36-,37?,38?,44+,45+,46?/m1/s1. The van der Waals surface area contributed by atoms with E-state index in [2.05, 4.69) is 0 Å². The summed E-state index contributed by atoms with van der Waals surface area (Å²) in [5.74, 6) is -7.31. The summed E-state index contributed by atoms with van der Waals surface area (Å²) in [6.45, 7) is 15.1. The van der Waals surface area contributed by atoms with Gasteiger partial charge in [-0.05, 0) is 77.6 Å². The zero-order valence-electron chi connectivity index (χ0n) is 38.4. The summed E-state index contributed by atoms with van der Waals surface area (Å²) < 4.78 is 66.0. The van der Waals surface area contributed by atoms with E-state index in [0.29, 0.717) is 64.2 Å². The topological polar surface area (TPSA) is 210 Å². The number of cyclic esters (lactones) is 1. The molecule has 0 aliphatic carbocycles. The number of rotatable bonds is 4. The number of hydrogen-bond donors (Lipinski definition) is 3. The van der Waals surface area contributed by atoms with E-state index in [1.165, 1.54) is 0 Å². The van der Waals surface area contributed by atoms with Gasteiger partial charge in [0.15, 0.2) is 23.8 Å². The summed E-state index contributed by atoms with van der Waals surface area (Å²) in [6.07, 6.45) is -0.362. The molecule has 0 saturated carbocycles. The van der Waals surface area contributed by atoms with Crippen molar-refractivity contribution in [3.05, 3.63) is 12.2 Å². The van der Waals surface area contributed by atoms with E-state index in [-0.39, 0.29) is 18.4 Å². The Hall–Kier alpha value is -2.19. The zero-order chi connectivity index (χ0) is 45.2. The van der Waals surface area contributed by atoms with E-state index in [9.17, 15) is 19.8 Å². The van der Waals surface area contributed by atoms with Gasteiger partial charge in [0.2, 0.25) is 0 Å². The lowest BCUT2D eigenvalue weighted by molar-refractivity contribution is -0.311. The predicted octanol–water partition coefficient (Wildman–Crippen LogP) is 4.89. The van der Waals surface area contributed by atoms with Crippen molar-refractivity contribution in [1.82, 2.24) is 0 Å². The Labute approximate surface area is 366 Å². The second-order valence-electron chi connectivity index (χ2n) is 20.9. The van der Waals surface area contributed by atoms with Gasteiger partial charge in [0, 0.05) is 35.5 Å². The maximum Gasteiger partial charge on any atom is 0.536 e. The van der Waals surface area contributed by atoms with Crippen LogP contribution in [0.15, 0.2) is 12.2 Å². The van der Waals surface area contributed by atoms with Crippen LogP contribution < -0.4 is 5.73 Å². The molecule has 62 heavy (non-hydrogen) atoms. The average molecular weight is 879 g/mol. The molecule has 3 spiro atoms. The minimum Gasteiger partial charge on any atom is -0.504 e. The largest absolute Gasteiger partial charge is 0.536 e. The van der Waals surface area contributed by atoms with Crippen molar-refractivity contribution in [3.63, 3.8) is 0 Å². The van der Waals surface area contributed by atoms with E-state index in [1.54, 1.807) is 6.92 Å². The van der Waals surface area contributed by atoms with Crippen LogP contribution in [0.2, 0.25) is 0 Å². The number of fused-ring (bicyclic) bond motifs is 6. The van der Waals surface area contributed by atoms with E-state index in [4.69, 9.17) is 52.8 Å². The van der Waals surface area contributed by atoms with Crippen molar-refractivity contribution in [2.24, 2.45) is 34.3 Å². The lowest BCUT2D eigenvalue weighted by atomic mass is 9.73. The van der Waals surface area contributed by atoms with Gasteiger partial charge in [-0.25, -0.2) is 9.59 Å². The second kappa shape index (κ2) is 17.9. The van der Waals surface area contributed by atoms with Gasteiger partial charge >= 0.3 is 24.9 Å². The van der Waals surface area contributed by atoms with Crippen LogP contribution in [0.1, 0.15) is 140 Å². The van der Waals surface area contributed by atoms with Crippen molar-refractivity contribution in [2.75, 3.05) is 0 Å². The third kappa shape index (κ3) is 8.78. The number of aliphatic hydroxyl groups excluding tert-OH is 2. The molecule has 7 rings (SSSR count). The van der Waals surface area contributed by atoms with Crippen LogP contribution in [0.4, 0.5) is 0 Å². The lowest BCUT2D eigenvalue weighted by Crippen LogP contribution is -2.61. The summed E-state index contributed by atoms with van der Waals surface area (Å²) in [5.41, 5.74) is 4.48. The fourth-order valence-corrected chi connectivity index (χ4v) is 10.6. The lowest BCUT2D eigenvalue weighted by Gasteiger charge is -2.52. The molecular formula is C45H73BNO15-. The molecule has 9 bridgehead atoms. The molecule has 7 aliphatic rings. The maximum atomic E-state index is 15.0. The van der Waals surface area contributed by atoms with E-state index in [0.717, 1.165) is 0 Å². The van der Waals surface area contributed by atoms with Crippen LogP contribution >= 0.6 is 0 Å². The van der Waals surface area contributed by atoms with Gasteiger partial charge in [0.25, 0.3) is 0 Å². The van der Waals surface area contributed by atoms with Crippen molar-refractivity contribution >= 4 is 24.9 Å². The highest BCUT2D eigenvalue weighted by Gasteiger charge is 2.73. The number of nitrogens with two attached hydrogens (primary N) is 1. The molecule has 16 nitrogen and oxygen atoms in total. The molecule has 0 aromatic rings. The first-order valence-electron chi connectivity index (χ1n) is 23.3. The second-order valence-corrected chi connectivity index (χ2v) is 20.9. The number of esters is 3. The maximum absolute atomic E-state index is 15.0. The van der Waals surface area contributed by atoms with Gasteiger partial charge in [0.05, 0.1) is 36.6 Å². The fourth-order valence-electron chi connectivity index (χ4n) is 10.6. The van der Waals surface area contributed by atoms with Crippen LogP contribution in [-0.2, 0) is 61.4 Å². The molecule has 6 saturated heterocycles. The molecule has 0 radical (unpaired) electrons. The molecule has 6 fully saturated rings. The quantitative estimate of drug-likeness (QED) is 0.149. The van der Waals surface area contributed by atoms with E-state index >= 15 is 4.79 Å². The number of carbonyl (C=O) groups excluding carboxylic acids is 3. The molecule has 17 atom stereocenters. The number of hydrogen-bond acceptors (Lipinski definition) is 16. The van der Waals surface area contributed by atoms with Crippen LogP contribution in [0.3, 0.4) is 0 Å².